The van der Waals surface area contributed by atoms with Gasteiger partial charge in [0, 0.05) is 16.7 Å². The van der Waals surface area contributed by atoms with Gasteiger partial charge in [0.2, 0.25) is 0 Å². The number of hydrogen-bond donors (Lipinski definition) is 1. The van der Waals surface area contributed by atoms with Crippen LogP contribution < -0.4 is 5.32 Å². The molecular weight excluding hydrogens is 307 g/mol. The molecule has 1 atom stereocenters. The fourth-order valence-corrected chi connectivity index (χ4v) is 2.11. The van der Waals surface area contributed by atoms with Crippen LogP contribution >= 0.6 is 15.9 Å². The first-order chi connectivity index (χ1) is 9.04. The molecule has 2 rings (SSSR count). The van der Waals surface area contributed by atoms with E-state index in [4.69, 9.17) is 0 Å². The molecule has 0 aliphatic heterocycles. The van der Waals surface area contributed by atoms with E-state index in [1.54, 1.807) is 6.20 Å². The topological polar surface area (TPSA) is 24.9 Å². The Bertz CT molecular complexity index is 555. The summed E-state index contributed by atoms with van der Waals surface area (Å²) in [5.74, 6) is 0.657. The van der Waals surface area contributed by atoms with Crippen LogP contribution in [0.5, 0.6) is 0 Å². The number of rotatable bonds is 4. The van der Waals surface area contributed by atoms with E-state index in [-0.39, 0.29) is 11.9 Å². The molecule has 1 N–H and O–H groups in total. The van der Waals surface area contributed by atoms with Crippen LogP contribution in [0.1, 0.15) is 18.1 Å². The van der Waals surface area contributed by atoms with Gasteiger partial charge >= 0.3 is 0 Å². The molecule has 2 aromatic rings. The van der Waals surface area contributed by atoms with Gasteiger partial charge in [-0.15, -0.1) is 0 Å². The summed E-state index contributed by atoms with van der Waals surface area (Å²) in [4.78, 5) is 4.32. The van der Waals surface area contributed by atoms with Gasteiger partial charge < -0.3 is 5.32 Å². The lowest BCUT2D eigenvalue weighted by atomic mass is 10.1. The fourth-order valence-electron chi connectivity index (χ4n) is 1.90. The minimum absolute atomic E-state index is 0.199. The Labute approximate surface area is 121 Å². The summed E-state index contributed by atoms with van der Waals surface area (Å²) in [6.45, 7) is 4.12. The van der Waals surface area contributed by atoms with Crippen molar-refractivity contribution >= 4 is 21.7 Å². The van der Waals surface area contributed by atoms with Crippen molar-refractivity contribution in [2.45, 2.75) is 26.3 Å². The average molecular weight is 323 g/mol. The van der Waals surface area contributed by atoms with E-state index in [1.165, 1.54) is 12.1 Å². The molecule has 1 unspecified atom stereocenters. The molecule has 19 heavy (non-hydrogen) atoms. The van der Waals surface area contributed by atoms with Crippen molar-refractivity contribution in [3.8, 4) is 0 Å². The summed E-state index contributed by atoms with van der Waals surface area (Å²) < 4.78 is 13.8. The normalized spacial score (nSPS) is 12.2. The summed E-state index contributed by atoms with van der Waals surface area (Å²) in [5, 5.41) is 3.35. The number of nitrogens with zero attached hydrogens (tertiary/aromatic N) is 1. The molecular formula is C15H16BrFN2. The van der Waals surface area contributed by atoms with Crippen LogP contribution in [0.4, 0.5) is 10.2 Å². The molecule has 0 spiro atoms. The highest BCUT2D eigenvalue weighted by Gasteiger charge is 2.06. The second-order valence-corrected chi connectivity index (χ2v) is 5.55. The van der Waals surface area contributed by atoms with Crippen molar-refractivity contribution in [1.29, 1.82) is 0 Å². The zero-order chi connectivity index (χ0) is 13.8. The molecule has 100 valence electrons. The second-order valence-electron chi connectivity index (χ2n) is 4.69. The summed E-state index contributed by atoms with van der Waals surface area (Å²) in [5.41, 5.74) is 2.25. The molecule has 1 aromatic heterocycles. The van der Waals surface area contributed by atoms with Crippen LogP contribution in [0.25, 0.3) is 0 Å². The zero-order valence-electron chi connectivity index (χ0n) is 11.0. The highest BCUT2D eigenvalue weighted by Crippen LogP contribution is 2.18. The van der Waals surface area contributed by atoms with E-state index in [1.807, 2.05) is 25.1 Å². The number of aryl methyl sites for hydroxylation is 1. The third-order valence-electron chi connectivity index (χ3n) is 2.90. The van der Waals surface area contributed by atoms with Gasteiger partial charge in [-0.2, -0.15) is 0 Å². The van der Waals surface area contributed by atoms with Gasteiger partial charge in [0.25, 0.3) is 0 Å². The largest absolute Gasteiger partial charge is 0.367 e. The Morgan fingerprint density at radius 3 is 2.63 bits per heavy atom. The van der Waals surface area contributed by atoms with Crippen LogP contribution in [0.2, 0.25) is 0 Å². The number of benzene rings is 1. The lowest BCUT2D eigenvalue weighted by Gasteiger charge is -2.15. The number of aromatic nitrogens is 1. The highest BCUT2D eigenvalue weighted by atomic mass is 79.9. The summed E-state index contributed by atoms with van der Waals surface area (Å²) >= 11 is 3.43. The summed E-state index contributed by atoms with van der Waals surface area (Å²) in [7, 11) is 0. The molecule has 0 radical (unpaired) electrons. The van der Waals surface area contributed by atoms with Crippen molar-refractivity contribution < 1.29 is 4.39 Å². The van der Waals surface area contributed by atoms with Crippen molar-refractivity contribution in [3.05, 3.63) is 57.9 Å². The number of nitrogens with one attached hydrogen (secondary N) is 1. The Kier molecular flexibility index (Phi) is 4.53. The van der Waals surface area contributed by atoms with Gasteiger partial charge in [0.05, 0.1) is 0 Å². The van der Waals surface area contributed by atoms with Crippen LogP contribution in [0.3, 0.4) is 0 Å². The van der Waals surface area contributed by atoms with Crippen molar-refractivity contribution in [2.75, 3.05) is 5.32 Å². The Morgan fingerprint density at radius 1 is 1.32 bits per heavy atom. The standard InChI is InChI=1S/C15H16BrFN2/c1-10-7-15(18-9-14(10)16)19-11(2)8-12-3-5-13(17)6-4-12/h3-7,9,11H,8H2,1-2H3,(H,18,19). The first-order valence-electron chi connectivity index (χ1n) is 6.17. The van der Waals surface area contributed by atoms with E-state index < -0.39 is 0 Å². The molecule has 2 nitrogen and oxygen atoms in total. The highest BCUT2D eigenvalue weighted by molar-refractivity contribution is 9.10. The van der Waals surface area contributed by atoms with E-state index in [2.05, 4.69) is 33.2 Å². The Balaban J connectivity index is 1.98. The fraction of sp³-hybridized carbons (Fsp3) is 0.267. The molecule has 4 heteroatoms. The molecule has 1 heterocycles. The number of halogens is 2. The minimum atomic E-state index is -0.199. The predicted molar refractivity (Wildman–Crippen MR) is 79.9 cm³/mol. The summed E-state index contributed by atoms with van der Waals surface area (Å²) in [6.07, 6.45) is 2.62. The molecule has 0 fully saturated rings. The van der Waals surface area contributed by atoms with Crippen LogP contribution in [-0.2, 0) is 6.42 Å². The van der Waals surface area contributed by atoms with Crippen molar-refractivity contribution in [3.63, 3.8) is 0 Å². The van der Waals surface area contributed by atoms with Gasteiger partial charge in [0.15, 0.2) is 0 Å². The van der Waals surface area contributed by atoms with E-state index in [0.29, 0.717) is 0 Å². The quantitative estimate of drug-likeness (QED) is 0.906. The monoisotopic (exact) mass is 322 g/mol. The lowest BCUT2D eigenvalue weighted by molar-refractivity contribution is 0.626. The van der Waals surface area contributed by atoms with E-state index in [9.17, 15) is 4.39 Å². The molecule has 0 saturated carbocycles. The van der Waals surface area contributed by atoms with Gasteiger partial charge in [-0.3, -0.25) is 0 Å². The molecule has 0 aliphatic rings. The molecule has 1 aromatic carbocycles. The van der Waals surface area contributed by atoms with Crippen LogP contribution in [0, 0.1) is 12.7 Å². The van der Waals surface area contributed by atoms with E-state index >= 15 is 0 Å². The third kappa shape index (κ3) is 4.03. The minimum Gasteiger partial charge on any atom is -0.367 e. The predicted octanol–water partition coefficient (Wildman–Crippen LogP) is 4.33. The maximum atomic E-state index is 12.8. The first kappa shape index (κ1) is 14.0. The Morgan fingerprint density at radius 2 is 2.00 bits per heavy atom. The maximum absolute atomic E-state index is 12.8. The molecule has 0 saturated heterocycles. The van der Waals surface area contributed by atoms with Gasteiger partial charge in [0.1, 0.15) is 11.6 Å². The first-order valence-corrected chi connectivity index (χ1v) is 6.97. The maximum Gasteiger partial charge on any atom is 0.126 e. The smallest absolute Gasteiger partial charge is 0.126 e. The number of pyridine rings is 1. The third-order valence-corrected chi connectivity index (χ3v) is 3.73. The van der Waals surface area contributed by atoms with Gasteiger partial charge in [-0.05, 0) is 65.5 Å². The lowest BCUT2D eigenvalue weighted by Crippen LogP contribution is -2.18. The average Bonchev–Trinajstić information content (AvgIpc) is 2.37. The second kappa shape index (κ2) is 6.15. The number of hydrogen-bond acceptors (Lipinski definition) is 2. The molecule has 0 amide bonds. The van der Waals surface area contributed by atoms with E-state index in [0.717, 1.165) is 27.8 Å². The molecule has 0 bridgehead atoms. The Hall–Kier alpha value is -1.42. The van der Waals surface area contributed by atoms with Crippen molar-refractivity contribution in [1.82, 2.24) is 4.98 Å². The van der Waals surface area contributed by atoms with Crippen LogP contribution in [-0.4, -0.2) is 11.0 Å². The van der Waals surface area contributed by atoms with Gasteiger partial charge in [-0.25, -0.2) is 9.37 Å². The number of anilines is 1. The zero-order valence-corrected chi connectivity index (χ0v) is 12.5. The van der Waals surface area contributed by atoms with Gasteiger partial charge in [-0.1, -0.05) is 12.1 Å². The van der Waals surface area contributed by atoms with Crippen molar-refractivity contribution in [2.24, 2.45) is 0 Å². The SMILES string of the molecule is Cc1cc(NC(C)Cc2ccc(F)cc2)ncc1Br. The molecule has 0 aliphatic carbocycles. The summed E-state index contributed by atoms with van der Waals surface area (Å²) in [6, 6.07) is 8.85. The van der Waals surface area contributed by atoms with Crippen LogP contribution in [0.15, 0.2) is 41.0 Å².